The minimum absolute atomic E-state index is 0.429. The first-order valence-corrected chi connectivity index (χ1v) is 12.7. The molecule has 4 aromatic rings. The van der Waals surface area contributed by atoms with Gasteiger partial charge in [0, 0.05) is 30.4 Å². The van der Waals surface area contributed by atoms with Crippen molar-refractivity contribution >= 4 is 11.3 Å². The maximum absolute atomic E-state index is 6.39. The molecule has 2 aromatic heterocycles. The third-order valence-electron chi connectivity index (χ3n) is 7.29. The molecular formula is C29H35N5O. The number of aromatic nitrogens is 3. The molecule has 2 N–H and O–H groups in total. The van der Waals surface area contributed by atoms with Crippen molar-refractivity contribution in [3.8, 4) is 17.0 Å². The summed E-state index contributed by atoms with van der Waals surface area (Å²) in [5.41, 5.74) is 10.3. The summed E-state index contributed by atoms with van der Waals surface area (Å²) in [4.78, 5) is 12.0. The second kappa shape index (κ2) is 10.5. The molecule has 6 heteroatoms. The predicted octanol–water partition coefficient (Wildman–Crippen LogP) is 5.78. The van der Waals surface area contributed by atoms with Crippen LogP contribution in [0.5, 0.6) is 5.75 Å². The van der Waals surface area contributed by atoms with Gasteiger partial charge in [-0.25, -0.2) is 9.97 Å². The molecule has 0 atom stereocenters. The van der Waals surface area contributed by atoms with Crippen LogP contribution in [0.15, 0.2) is 67.0 Å². The molecule has 0 spiro atoms. The van der Waals surface area contributed by atoms with E-state index in [1.54, 1.807) is 6.20 Å². The van der Waals surface area contributed by atoms with Gasteiger partial charge >= 0.3 is 0 Å². The maximum atomic E-state index is 6.39. The molecular weight excluding hydrogens is 434 g/mol. The average molecular weight is 470 g/mol. The van der Waals surface area contributed by atoms with Crippen molar-refractivity contribution in [1.29, 1.82) is 0 Å². The zero-order valence-electron chi connectivity index (χ0n) is 20.7. The Bertz CT molecular complexity index is 1260. The summed E-state index contributed by atoms with van der Waals surface area (Å²) in [6, 6.07) is 18.3. The van der Waals surface area contributed by atoms with Crippen LogP contribution in [0.4, 0.5) is 5.82 Å². The van der Waals surface area contributed by atoms with Crippen LogP contribution < -0.4 is 10.5 Å². The minimum Gasteiger partial charge on any atom is -0.489 e. The van der Waals surface area contributed by atoms with Crippen molar-refractivity contribution in [2.45, 2.75) is 45.1 Å². The maximum Gasteiger partial charge on any atom is 0.150 e. The molecule has 2 heterocycles. The third-order valence-corrected chi connectivity index (χ3v) is 7.29. The molecule has 0 amide bonds. The smallest absolute Gasteiger partial charge is 0.150 e. The Kier molecular flexibility index (Phi) is 7.00. The third kappa shape index (κ3) is 5.17. The summed E-state index contributed by atoms with van der Waals surface area (Å²) in [5, 5.41) is 0. The normalized spacial score (nSPS) is 18.3. The van der Waals surface area contributed by atoms with Crippen molar-refractivity contribution < 1.29 is 4.74 Å². The fourth-order valence-corrected chi connectivity index (χ4v) is 5.22. The summed E-state index contributed by atoms with van der Waals surface area (Å²) in [7, 11) is 2.22. The average Bonchev–Trinajstić information content (AvgIpc) is 3.30. The molecule has 1 aliphatic rings. The van der Waals surface area contributed by atoms with E-state index in [1.807, 2.05) is 36.5 Å². The highest BCUT2D eigenvalue weighted by molar-refractivity contribution is 5.85. The number of fused-ring (bicyclic) bond motifs is 1. The number of anilines is 1. The number of imidazole rings is 1. The van der Waals surface area contributed by atoms with E-state index in [0.717, 1.165) is 59.2 Å². The van der Waals surface area contributed by atoms with E-state index < -0.39 is 0 Å². The van der Waals surface area contributed by atoms with Crippen molar-refractivity contribution in [3.05, 3.63) is 78.4 Å². The lowest BCUT2D eigenvalue weighted by Crippen LogP contribution is -2.28. The molecule has 0 bridgehead atoms. The number of nitrogens with two attached hydrogens (primary N) is 1. The number of rotatable bonds is 8. The van der Waals surface area contributed by atoms with Crippen LogP contribution >= 0.6 is 0 Å². The summed E-state index contributed by atoms with van der Waals surface area (Å²) in [6.45, 7) is 5.04. The van der Waals surface area contributed by atoms with Crippen LogP contribution in [-0.4, -0.2) is 39.4 Å². The Morgan fingerprint density at radius 3 is 2.63 bits per heavy atom. The van der Waals surface area contributed by atoms with E-state index in [0.29, 0.717) is 18.3 Å². The quantitative estimate of drug-likeness (QED) is 0.354. The van der Waals surface area contributed by atoms with Crippen molar-refractivity contribution in [3.63, 3.8) is 0 Å². The van der Waals surface area contributed by atoms with Gasteiger partial charge in [-0.05, 0) is 62.9 Å². The highest BCUT2D eigenvalue weighted by Crippen LogP contribution is 2.39. The fourth-order valence-electron chi connectivity index (χ4n) is 5.22. The van der Waals surface area contributed by atoms with Gasteiger partial charge in [0.25, 0.3) is 0 Å². The molecule has 1 fully saturated rings. The molecule has 1 aliphatic carbocycles. The fraction of sp³-hybridized carbons (Fsp3) is 0.379. The first-order valence-electron chi connectivity index (χ1n) is 12.7. The second-order valence-electron chi connectivity index (χ2n) is 9.72. The van der Waals surface area contributed by atoms with Gasteiger partial charge in [-0.1, -0.05) is 49.4 Å². The van der Waals surface area contributed by atoms with Gasteiger partial charge in [-0.15, -0.1) is 0 Å². The molecule has 182 valence electrons. The Morgan fingerprint density at radius 2 is 1.86 bits per heavy atom. The number of hydrogen-bond acceptors (Lipinski definition) is 5. The molecule has 0 saturated heterocycles. The topological polar surface area (TPSA) is 68.7 Å². The zero-order valence-corrected chi connectivity index (χ0v) is 20.7. The number of benzene rings is 2. The summed E-state index contributed by atoms with van der Waals surface area (Å²) in [6.07, 6.45) is 8.57. The van der Waals surface area contributed by atoms with Gasteiger partial charge in [0.05, 0.1) is 0 Å². The number of nitrogen functional groups attached to an aromatic ring is 1. The van der Waals surface area contributed by atoms with E-state index in [9.17, 15) is 0 Å². The Hall–Kier alpha value is -3.38. The molecule has 0 radical (unpaired) electrons. The van der Waals surface area contributed by atoms with Gasteiger partial charge in [0.15, 0.2) is 0 Å². The first-order chi connectivity index (χ1) is 17.1. The lowest BCUT2D eigenvalue weighted by atomic mass is 9.81. The Labute approximate surface area is 207 Å². The highest BCUT2D eigenvalue weighted by atomic mass is 16.5. The monoisotopic (exact) mass is 469 g/mol. The van der Waals surface area contributed by atoms with Gasteiger partial charge in [-0.2, -0.15) is 0 Å². The van der Waals surface area contributed by atoms with E-state index in [1.165, 1.54) is 19.4 Å². The van der Waals surface area contributed by atoms with E-state index >= 15 is 0 Å². The molecule has 0 aliphatic heterocycles. The van der Waals surface area contributed by atoms with Crippen LogP contribution in [0.1, 0.15) is 49.9 Å². The van der Waals surface area contributed by atoms with Gasteiger partial charge in [-0.3, -0.25) is 4.40 Å². The number of hydrogen-bond donors (Lipinski definition) is 1. The van der Waals surface area contributed by atoms with Crippen LogP contribution in [0, 0.1) is 5.92 Å². The largest absolute Gasteiger partial charge is 0.489 e. The van der Waals surface area contributed by atoms with Crippen LogP contribution in [0.2, 0.25) is 0 Å². The van der Waals surface area contributed by atoms with Crippen LogP contribution in [-0.2, 0) is 6.61 Å². The highest BCUT2D eigenvalue weighted by Gasteiger charge is 2.28. The second-order valence-corrected chi connectivity index (χ2v) is 9.72. The summed E-state index contributed by atoms with van der Waals surface area (Å²) in [5.74, 6) is 3.63. The molecule has 0 unspecified atom stereocenters. The number of nitrogens with zero attached hydrogens (tertiary/aromatic N) is 4. The van der Waals surface area contributed by atoms with Crippen molar-refractivity contribution in [2.75, 3.05) is 25.9 Å². The molecule has 2 aromatic carbocycles. The van der Waals surface area contributed by atoms with E-state index in [4.69, 9.17) is 15.5 Å². The Morgan fingerprint density at radius 1 is 1.06 bits per heavy atom. The zero-order chi connectivity index (χ0) is 24.2. The lowest BCUT2D eigenvalue weighted by molar-refractivity contribution is 0.228. The minimum atomic E-state index is 0.429. The van der Waals surface area contributed by atoms with Crippen molar-refractivity contribution in [1.82, 2.24) is 19.3 Å². The predicted molar refractivity (Wildman–Crippen MR) is 141 cm³/mol. The number of ether oxygens (including phenoxy) is 1. The molecule has 5 rings (SSSR count). The van der Waals surface area contributed by atoms with Gasteiger partial charge in [0.1, 0.15) is 35.2 Å². The van der Waals surface area contributed by atoms with Gasteiger partial charge < -0.3 is 15.4 Å². The summed E-state index contributed by atoms with van der Waals surface area (Å²) >= 11 is 0. The van der Waals surface area contributed by atoms with E-state index in [2.05, 4.69) is 52.5 Å². The molecule has 35 heavy (non-hydrogen) atoms. The molecule has 1 saturated carbocycles. The van der Waals surface area contributed by atoms with Crippen molar-refractivity contribution in [2.24, 2.45) is 5.92 Å². The van der Waals surface area contributed by atoms with Crippen LogP contribution in [0.3, 0.4) is 0 Å². The lowest BCUT2D eigenvalue weighted by Gasteiger charge is -2.30. The molecule has 6 nitrogen and oxygen atoms in total. The standard InChI is InChI=1S/C29H35N5O/c1-3-33(2)19-21-12-14-23(15-13-21)29-32-26(27-28(30)31-16-17-34(27)29)24-10-7-11-25(18-24)35-20-22-8-5-4-6-9-22/h4-11,16-18,21,23H,3,12-15,19-20H2,1-2H3,(H2,30,31). The Balaban J connectivity index is 1.41. The van der Waals surface area contributed by atoms with Crippen LogP contribution in [0.25, 0.3) is 16.8 Å². The van der Waals surface area contributed by atoms with E-state index in [-0.39, 0.29) is 0 Å². The first kappa shape index (κ1) is 23.4. The SMILES string of the molecule is CCN(C)CC1CCC(c2nc(-c3cccc(OCc4ccccc4)c3)c3c(N)nccn23)CC1. The van der Waals surface area contributed by atoms with Gasteiger partial charge in [0.2, 0.25) is 0 Å². The summed E-state index contributed by atoms with van der Waals surface area (Å²) < 4.78 is 8.25.